The maximum absolute atomic E-state index is 13.3. The van der Waals surface area contributed by atoms with E-state index in [2.05, 4.69) is 31.2 Å². The van der Waals surface area contributed by atoms with Crippen LogP contribution in [0.15, 0.2) is 36.7 Å². The van der Waals surface area contributed by atoms with Gasteiger partial charge in [-0.3, -0.25) is 4.79 Å². The molecule has 1 amide bonds. The van der Waals surface area contributed by atoms with E-state index in [1.807, 2.05) is 35.2 Å². The lowest BCUT2D eigenvalue weighted by atomic mass is 10.1. The van der Waals surface area contributed by atoms with E-state index in [0.29, 0.717) is 0 Å². The summed E-state index contributed by atoms with van der Waals surface area (Å²) in [6, 6.07) is 9.97. The number of fused-ring (bicyclic) bond motifs is 1. The zero-order valence-corrected chi connectivity index (χ0v) is 17.3. The molecule has 0 aliphatic carbocycles. The summed E-state index contributed by atoms with van der Waals surface area (Å²) >= 11 is 1.42. The molecule has 1 atom stereocenters. The molecule has 0 spiro atoms. The summed E-state index contributed by atoms with van der Waals surface area (Å²) in [6.07, 6.45) is 3.48. The molecule has 2 saturated heterocycles. The standard InChI is InChI=1S/C21H24N6OS/c1-25-10-12-26(13-11-25)21(28)16-8-5-9-27(16)20-19-18(22-14-23-20)17(24-29-19)15-6-3-2-4-7-15/h2-4,6-7,14,16H,5,8-13H2,1H3. The Labute approximate surface area is 174 Å². The van der Waals surface area contributed by atoms with E-state index < -0.39 is 0 Å². The van der Waals surface area contributed by atoms with Crippen LogP contribution in [0.3, 0.4) is 0 Å². The second-order valence-electron chi connectivity index (χ2n) is 7.75. The molecule has 0 N–H and O–H groups in total. The molecule has 2 aromatic heterocycles. The number of anilines is 1. The fourth-order valence-corrected chi connectivity index (χ4v) is 5.12. The quantitative estimate of drug-likeness (QED) is 0.663. The number of benzene rings is 1. The summed E-state index contributed by atoms with van der Waals surface area (Å²) in [5.74, 6) is 1.08. The van der Waals surface area contributed by atoms with Gasteiger partial charge in [-0.25, -0.2) is 9.97 Å². The van der Waals surface area contributed by atoms with Gasteiger partial charge in [-0.2, -0.15) is 4.37 Å². The predicted octanol–water partition coefficient (Wildman–Crippen LogP) is 2.50. The molecule has 29 heavy (non-hydrogen) atoms. The topological polar surface area (TPSA) is 65.5 Å². The zero-order valence-electron chi connectivity index (χ0n) is 16.5. The Morgan fingerprint density at radius 1 is 1.07 bits per heavy atom. The van der Waals surface area contributed by atoms with E-state index in [1.165, 1.54) is 11.5 Å². The molecule has 0 radical (unpaired) electrons. The minimum atomic E-state index is -0.140. The smallest absolute Gasteiger partial charge is 0.245 e. The van der Waals surface area contributed by atoms with Crippen molar-refractivity contribution in [3.05, 3.63) is 36.7 Å². The second-order valence-corrected chi connectivity index (χ2v) is 8.53. The first-order chi connectivity index (χ1) is 14.2. The molecule has 1 unspecified atom stereocenters. The van der Waals surface area contributed by atoms with Crippen molar-refractivity contribution in [2.75, 3.05) is 44.7 Å². The minimum Gasteiger partial charge on any atom is -0.343 e. The highest BCUT2D eigenvalue weighted by atomic mass is 32.1. The van der Waals surface area contributed by atoms with Crippen molar-refractivity contribution in [2.24, 2.45) is 0 Å². The highest BCUT2D eigenvalue weighted by molar-refractivity contribution is 7.14. The molecule has 3 aromatic rings. The summed E-state index contributed by atoms with van der Waals surface area (Å²) in [4.78, 5) is 28.8. The molecule has 150 valence electrons. The lowest BCUT2D eigenvalue weighted by Gasteiger charge is -2.36. The molecule has 2 fully saturated rings. The first-order valence-electron chi connectivity index (χ1n) is 10.1. The van der Waals surface area contributed by atoms with Crippen molar-refractivity contribution in [3.8, 4) is 11.3 Å². The largest absolute Gasteiger partial charge is 0.343 e. The number of hydrogen-bond acceptors (Lipinski definition) is 7. The average Bonchev–Trinajstić information content (AvgIpc) is 3.41. The molecule has 1 aromatic carbocycles. The van der Waals surface area contributed by atoms with Crippen molar-refractivity contribution in [1.82, 2.24) is 24.1 Å². The summed E-state index contributed by atoms with van der Waals surface area (Å²) in [7, 11) is 2.11. The number of carbonyl (C=O) groups is 1. The van der Waals surface area contributed by atoms with E-state index in [0.717, 1.165) is 72.9 Å². The van der Waals surface area contributed by atoms with Crippen LogP contribution in [0.5, 0.6) is 0 Å². The molecular weight excluding hydrogens is 384 g/mol. The van der Waals surface area contributed by atoms with Crippen molar-refractivity contribution in [2.45, 2.75) is 18.9 Å². The Balaban J connectivity index is 1.47. The van der Waals surface area contributed by atoms with E-state index in [4.69, 9.17) is 0 Å². The van der Waals surface area contributed by atoms with Gasteiger partial charge in [0.1, 0.15) is 28.3 Å². The fraction of sp³-hybridized carbons (Fsp3) is 0.429. The Morgan fingerprint density at radius 3 is 2.66 bits per heavy atom. The van der Waals surface area contributed by atoms with Gasteiger partial charge < -0.3 is 14.7 Å². The molecule has 2 aliphatic rings. The molecule has 8 heteroatoms. The summed E-state index contributed by atoms with van der Waals surface area (Å²) < 4.78 is 5.64. The van der Waals surface area contributed by atoms with E-state index in [1.54, 1.807) is 6.33 Å². The third-order valence-corrected chi connectivity index (χ3v) is 6.74. The molecular formula is C21H24N6OS. The number of piperazine rings is 1. The van der Waals surface area contributed by atoms with E-state index >= 15 is 0 Å². The van der Waals surface area contributed by atoms with Crippen LogP contribution in [0, 0.1) is 0 Å². The minimum absolute atomic E-state index is 0.140. The van der Waals surface area contributed by atoms with Crippen LogP contribution in [-0.2, 0) is 4.79 Å². The number of carbonyl (C=O) groups excluding carboxylic acids is 1. The van der Waals surface area contributed by atoms with Gasteiger partial charge in [-0.15, -0.1) is 0 Å². The predicted molar refractivity (Wildman–Crippen MR) is 115 cm³/mol. The Kier molecular flexibility index (Phi) is 4.89. The number of aromatic nitrogens is 3. The van der Waals surface area contributed by atoms with Crippen molar-refractivity contribution >= 4 is 33.5 Å². The zero-order chi connectivity index (χ0) is 19.8. The van der Waals surface area contributed by atoms with Crippen molar-refractivity contribution in [1.29, 1.82) is 0 Å². The Bertz CT molecular complexity index is 1010. The number of amides is 1. The van der Waals surface area contributed by atoms with Gasteiger partial charge in [0, 0.05) is 38.3 Å². The van der Waals surface area contributed by atoms with Crippen LogP contribution in [0.4, 0.5) is 5.82 Å². The summed E-state index contributed by atoms with van der Waals surface area (Å²) in [5.41, 5.74) is 2.80. The summed E-state index contributed by atoms with van der Waals surface area (Å²) in [5, 5.41) is 0. The van der Waals surface area contributed by atoms with Crippen LogP contribution in [0.25, 0.3) is 21.5 Å². The van der Waals surface area contributed by atoms with Gasteiger partial charge in [-0.05, 0) is 31.4 Å². The van der Waals surface area contributed by atoms with Gasteiger partial charge >= 0.3 is 0 Å². The fourth-order valence-electron chi connectivity index (χ4n) is 4.26. The van der Waals surface area contributed by atoms with Gasteiger partial charge in [0.05, 0.1) is 0 Å². The third kappa shape index (κ3) is 3.36. The van der Waals surface area contributed by atoms with E-state index in [9.17, 15) is 4.79 Å². The van der Waals surface area contributed by atoms with Gasteiger partial charge in [0.25, 0.3) is 0 Å². The maximum Gasteiger partial charge on any atom is 0.245 e. The number of nitrogens with zero attached hydrogens (tertiary/aromatic N) is 6. The molecule has 5 rings (SSSR count). The van der Waals surface area contributed by atoms with Gasteiger partial charge in [0.2, 0.25) is 5.91 Å². The molecule has 0 bridgehead atoms. The highest BCUT2D eigenvalue weighted by Crippen LogP contribution is 2.36. The van der Waals surface area contributed by atoms with Crippen LogP contribution < -0.4 is 4.90 Å². The van der Waals surface area contributed by atoms with Crippen LogP contribution in [0.1, 0.15) is 12.8 Å². The molecule has 7 nitrogen and oxygen atoms in total. The number of likely N-dealkylation sites (N-methyl/N-ethyl adjacent to an activating group) is 1. The SMILES string of the molecule is CN1CCN(C(=O)C2CCCN2c2ncnc3c(-c4ccccc4)nsc23)CC1. The van der Waals surface area contributed by atoms with Crippen molar-refractivity contribution < 1.29 is 4.79 Å². The third-order valence-electron chi connectivity index (χ3n) is 5.91. The lowest BCUT2D eigenvalue weighted by Crippen LogP contribution is -2.53. The molecule has 2 aliphatic heterocycles. The van der Waals surface area contributed by atoms with Crippen LogP contribution >= 0.6 is 11.5 Å². The Morgan fingerprint density at radius 2 is 1.86 bits per heavy atom. The summed E-state index contributed by atoms with van der Waals surface area (Å²) in [6.45, 7) is 4.32. The lowest BCUT2D eigenvalue weighted by molar-refractivity contribution is -0.134. The number of hydrogen-bond donors (Lipinski definition) is 0. The van der Waals surface area contributed by atoms with Gasteiger partial charge in [0.15, 0.2) is 5.82 Å². The van der Waals surface area contributed by atoms with Gasteiger partial charge in [-0.1, -0.05) is 30.3 Å². The maximum atomic E-state index is 13.3. The molecule has 0 saturated carbocycles. The molecule has 4 heterocycles. The van der Waals surface area contributed by atoms with E-state index in [-0.39, 0.29) is 11.9 Å². The number of rotatable bonds is 3. The monoisotopic (exact) mass is 408 g/mol. The normalized spacial score (nSPS) is 20.5. The van der Waals surface area contributed by atoms with Crippen LogP contribution in [-0.4, -0.2) is 75.9 Å². The average molecular weight is 409 g/mol. The second kappa shape index (κ2) is 7.68. The first kappa shape index (κ1) is 18.4. The Hall–Kier alpha value is -2.58. The highest BCUT2D eigenvalue weighted by Gasteiger charge is 2.36. The van der Waals surface area contributed by atoms with Crippen molar-refractivity contribution in [3.63, 3.8) is 0 Å². The first-order valence-corrected chi connectivity index (χ1v) is 10.9. The van der Waals surface area contributed by atoms with Crippen LogP contribution in [0.2, 0.25) is 0 Å².